The van der Waals surface area contributed by atoms with Crippen molar-refractivity contribution in [1.82, 2.24) is 0 Å². The van der Waals surface area contributed by atoms with E-state index in [0.717, 1.165) is 5.92 Å². The highest BCUT2D eigenvalue weighted by molar-refractivity contribution is 4.92. The third-order valence-electron chi connectivity index (χ3n) is 2.14. The van der Waals surface area contributed by atoms with E-state index in [-0.39, 0.29) is 0 Å². The smallest absolute Gasteiger partial charge is 0.0227 e. The van der Waals surface area contributed by atoms with Crippen LogP contribution >= 0.6 is 0 Å². The van der Waals surface area contributed by atoms with Crippen LogP contribution in [-0.4, -0.2) is 0 Å². The van der Waals surface area contributed by atoms with Gasteiger partial charge < -0.3 is 0 Å². The molecule has 0 heteroatoms. The Balaban J connectivity index is 3.59. The molecule has 70 valence electrons. The first-order chi connectivity index (χ1) is 5.70. The van der Waals surface area contributed by atoms with Gasteiger partial charge in [-0.15, -0.1) is 0 Å². The quantitative estimate of drug-likeness (QED) is 0.537. The lowest BCUT2D eigenvalue weighted by atomic mass is 10.0. The zero-order valence-corrected chi connectivity index (χ0v) is 8.88. The first-order valence-electron chi connectivity index (χ1n) is 5.00. The maximum Gasteiger partial charge on any atom is -0.0227 e. The van der Waals surface area contributed by atoms with Gasteiger partial charge in [0.05, 0.1) is 0 Å². The third-order valence-corrected chi connectivity index (χ3v) is 2.14. The number of allylic oxidation sites excluding steroid dienone is 4. The molecule has 2 atom stereocenters. The van der Waals surface area contributed by atoms with Crippen molar-refractivity contribution >= 4 is 0 Å². The van der Waals surface area contributed by atoms with Gasteiger partial charge in [0.25, 0.3) is 0 Å². The second-order valence-corrected chi connectivity index (χ2v) is 3.55. The Labute approximate surface area is 77.4 Å². The molecule has 0 aromatic rings. The molecule has 0 heterocycles. The average molecular weight is 166 g/mol. The van der Waals surface area contributed by atoms with Gasteiger partial charge in [0.15, 0.2) is 0 Å². The monoisotopic (exact) mass is 166 g/mol. The molecule has 0 spiro atoms. The fraction of sp³-hybridized carbons (Fsp3) is 0.667. The van der Waals surface area contributed by atoms with Crippen LogP contribution in [0, 0.1) is 11.8 Å². The second-order valence-electron chi connectivity index (χ2n) is 3.55. The summed E-state index contributed by atoms with van der Waals surface area (Å²) in [6.07, 6.45) is 11.4. The Kier molecular flexibility index (Phi) is 6.84. The van der Waals surface area contributed by atoms with Crippen molar-refractivity contribution in [2.24, 2.45) is 11.8 Å². The zero-order valence-electron chi connectivity index (χ0n) is 8.88. The predicted molar refractivity (Wildman–Crippen MR) is 57.2 cm³/mol. The molecule has 0 bridgehead atoms. The van der Waals surface area contributed by atoms with Crippen LogP contribution in [-0.2, 0) is 0 Å². The molecule has 0 rings (SSSR count). The van der Waals surface area contributed by atoms with Crippen LogP contribution in [0.1, 0.15) is 40.5 Å². The Hall–Kier alpha value is -0.520. The topological polar surface area (TPSA) is 0 Å². The van der Waals surface area contributed by atoms with Crippen molar-refractivity contribution in [3.63, 3.8) is 0 Å². The van der Waals surface area contributed by atoms with Gasteiger partial charge in [-0.25, -0.2) is 0 Å². The van der Waals surface area contributed by atoms with E-state index in [1.54, 1.807) is 0 Å². The molecule has 0 nitrogen and oxygen atoms in total. The van der Waals surface area contributed by atoms with E-state index in [4.69, 9.17) is 0 Å². The largest absolute Gasteiger partial charge is 0.0914 e. The summed E-state index contributed by atoms with van der Waals surface area (Å²) in [5, 5.41) is 0. The Morgan fingerprint density at radius 3 is 2.25 bits per heavy atom. The van der Waals surface area contributed by atoms with Gasteiger partial charge in [-0.1, -0.05) is 51.5 Å². The van der Waals surface area contributed by atoms with Crippen molar-refractivity contribution in [3.05, 3.63) is 24.3 Å². The molecule has 0 aromatic heterocycles. The fourth-order valence-corrected chi connectivity index (χ4v) is 1.07. The minimum Gasteiger partial charge on any atom is -0.0914 e. The van der Waals surface area contributed by atoms with Gasteiger partial charge in [0.2, 0.25) is 0 Å². The van der Waals surface area contributed by atoms with Crippen LogP contribution in [0.2, 0.25) is 0 Å². The van der Waals surface area contributed by atoms with Gasteiger partial charge in [-0.2, -0.15) is 0 Å². The fourth-order valence-electron chi connectivity index (χ4n) is 1.07. The van der Waals surface area contributed by atoms with Gasteiger partial charge in [0, 0.05) is 0 Å². The molecule has 0 saturated heterocycles. The Morgan fingerprint density at radius 2 is 1.75 bits per heavy atom. The van der Waals surface area contributed by atoms with Crippen LogP contribution in [0.25, 0.3) is 0 Å². The first kappa shape index (κ1) is 11.5. The maximum atomic E-state index is 2.32. The molecule has 0 aliphatic carbocycles. The van der Waals surface area contributed by atoms with Gasteiger partial charge in [0.1, 0.15) is 0 Å². The van der Waals surface area contributed by atoms with E-state index in [9.17, 15) is 0 Å². The highest BCUT2D eigenvalue weighted by Crippen LogP contribution is 2.08. The van der Waals surface area contributed by atoms with Crippen molar-refractivity contribution in [3.8, 4) is 0 Å². The van der Waals surface area contributed by atoms with Crippen molar-refractivity contribution in [2.45, 2.75) is 40.5 Å². The maximum absolute atomic E-state index is 2.32. The summed E-state index contributed by atoms with van der Waals surface area (Å²) < 4.78 is 0. The summed E-state index contributed by atoms with van der Waals surface area (Å²) in [5.74, 6) is 1.43. The van der Waals surface area contributed by atoms with Crippen LogP contribution in [0.3, 0.4) is 0 Å². The minimum atomic E-state index is 0.690. The van der Waals surface area contributed by atoms with E-state index < -0.39 is 0 Å². The summed E-state index contributed by atoms with van der Waals surface area (Å²) in [4.78, 5) is 0. The van der Waals surface area contributed by atoms with Crippen LogP contribution in [0.15, 0.2) is 24.3 Å². The average Bonchev–Trinajstić information content (AvgIpc) is 2.04. The minimum absolute atomic E-state index is 0.690. The van der Waals surface area contributed by atoms with Crippen molar-refractivity contribution in [1.29, 1.82) is 0 Å². The van der Waals surface area contributed by atoms with E-state index >= 15 is 0 Å². The van der Waals surface area contributed by atoms with Crippen molar-refractivity contribution < 1.29 is 0 Å². The summed E-state index contributed by atoms with van der Waals surface area (Å²) in [6.45, 7) is 8.82. The van der Waals surface area contributed by atoms with Crippen LogP contribution < -0.4 is 0 Å². The molecule has 0 aliphatic heterocycles. The lowest BCUT2D eigenvalue weighted by Crippen LogP contribution is -1.88. The predicted octanol–water partition coefficient (Wildman–Crippen LogP) is 4.19. The Morgan fingerprint density at radius 1 is 1.08 bits per heavy atom. The van der Waals surface area contributed by atoms with Gasteiger partial charge >= 0.3 is 0 Å². The van der Waals surface area contributed by atoms with Gasteiger partial charge in [-0.05, 0) is 25.2 Å². The molecule has 0 aliphatic rings. The van der Waals surface area contributed by atoms with E-state index in [0.29, 0.717) is 5.92 Å². The standard InChI is InChI=1S/C12H22/c1-5-8-12(4)10-7-9-11(3)6-2/h5,7-9,11-12H,6,10H2,1-4H3/b8-5+,9-7+. The molecule has 0 aromatic carbocycles. The highest BCUT2D eigenvalue weighted by Gasteiger charge is 1.93. The molecular formula is C12H22. The summed E-state index contributed by atoms with van der Waals surface area (Å²) >= 11 is 0. The van der Waals surface area contributed by atoms with Gasteiger partial charge in [-0.3, -0.25) is 0 Å². The number of rotatable bonds is 5. The SMILES string of the molecule is C/C=C/C(C)C/C=C/C(C)CC. The lowest BCUT2D eigenvalue weighted by Gasteiger charge is -2.02. The Bertz CT molecular complexity index is 142. The zero-order chi connectivity index (χ0) is 9.40. The normalized spacial score (nSPS) is 17.3. The molecular weight excluding hydrogens is 144 g/mol. The third kappa shape index (κ3) is 6.21. The highest BCUT2D eigenvalue weighted by atomic mass is 14.0. The molecule has 0 fully saturated rings. The van der Waals surface area contributed by atoms with Crippen molar-refractivity contribution in [2.75, 3.05) is 0 Å². The molecule has 0 saturated carbocycles. The summed E-state index contributed by atoms with van der Waals surface area (Å²) in [6, 6.07) is 0. The molecule has 0 N–H and O–H groups in total. The number of hydrogen-bond acceptors (Lipinski definition) is 0. The number of hydrogen-bond donors (Lipinski definition) is 0. The molecule has 0 radical (unpaired) electrons. The molecule has 12 heavy (non-hydrogen) atoms. The first-order valence-corrected chi connectivity index (χ1v) is 5.00. The lowest BCUT2D eigenvalue weighted by molar-refractivity contribution is 0.683. The molecule has 2 unspecified atom stereocenters. The van der Waals surface area contributed by atoms with E-state index in [1.165, 1.54) is 12.8 Å². The van der Waals surface area contributed by atoms with E-state index in [1.807, 2.05) is 0 Å². The van der Waals surface area contributed by atoms with Crippen LogP contribution in [0.5, 0.6) is 0 Å². The van der Waals surface area contributed by atoms with E-state index in [2.05, 4.69) is 52.0 Å². The second kappa shape index (κ2) is 7.15. The molecule has 0 amide bonds. The summed E-state index contributed by atoms with van der Waals surface area (Å²) in [7, 11) is 0. The van der Waals surface area contributed by atoms with Crippen LogP contribution in [0.4, 0.5) is 0 Å². The summed E-state index contributed by atoms with van der Waals surface area (Å²) in [5.41, 5.74) is 0.